The highest BCUT2D eigenvalue weighted by molar-refractivity contribution is 7.13. The Hall–Kier alpha value is -1.98. The number of aliphatic hydroxyl groups is 1. The Bertz CT molecular complexity index is 781. The topological polar surface area (TPSA) is 71.2 Å². The number of aromatic nitrogens is 2. The smallest absolute Gasteiger partial charge is 0.268 e. The highest BCUT2D eigenvalue weighted by atomic mass is 32.1. The number of thiophene rings is 2. The van der Waals surface area contributed by atoms with Crippen molar-refractivity contribution in [2.45, 2.75) is 13.1 Å². The summed E-state index contributed by atoms with van der Waals surface area (Å²) in [7, 11) is 0. The molecule has 0 saturated heterocycles. The first-order valence-corrected chi connectivity index (χ1v) is 8.35. The zero-order valence-electron chi connectivity index (χ0n) is 11.6. The minimum atomic E-state index is -0.117. The molecule has 3 rings (SSSR count). The van der Waals surface area contributed by atoms with Crippen LogP contribution >= 0.6 is 22.7 Å². The van der Waals surface area contributed by atoms with Crippen LogP contribution in [0, 0.1) is 11.8 Å². The maximum Gasteiger partial charge on any atom is 0.268 e. The van der Waals surface area contributed by atoms with Gasteiger partial charge in [-0.3, -0.25) is 0 Å². The first-order chi connectivity index (χ1) is 10.8. The number of hydrogen-bond acceptors (Lipinski definition) is 7. The van der Waals surface area contributed by atoms with Gasteiger partial charge in [0.2, 0.25) is 0 Å². The van der Waals surface area contributed by atoms with Gasteiger partial charge in [0.1, 0.15) is 6.61 Å². The van der Waals surface area contributed by atoms with E-state index in [-0.39, 0.29) is 6.61 Å². The third-order valence-corrected chi connectivity index (χ3v) is 4.54. The van der Waals surface area contributed by atoms with Crippen LogP contribution < -0.4 is 5.32 Å². The molecule has 3 aromatic heterocycles. The van der Waals surface area contributed by atoms with Crippen LogP contribution in [0.2, 0.25) is 0 Å². The minimum Gasteiger partial charge on any atom is -0.384 e. The van der Waals surface area contributed by atoms with E-state index in [4.69, 9.17) is 9.63 Å². The lowest BCUT2D eigenvalue weighted by Crippen LogP contribution is -2.12. The number of nitrogens with one attached hydrogen (secondary N) is 1. The molecule has 0 aliphatic rings. The lowest BCUT2D eigenvalue weighted by molar-refractivity contribution is 0.350. The number of aliphatic hydroxyl groups excluding tert-OH is 1. The summed E-state index contributed by atoms with van der Waals surface area (Å²) in [5, 5.41) is 19.9. The van der Waals surface area contributed by atoms with Crippen molar-refractivity contribution in [3.63, 3.8) is 0 Å². The zero-order chi connectivity index (χ0) is 15.2. The second kappa shape index (κ2) is 7.33. The summed E-state index contributed by atoms with van der Waals surface area (Å²) in [6.45, 7) is 1.15. The van der Waals surface area contributed by atoms with Gasteiger partial charge in [0.05, 0.1) is 11.4 Å². The van der Waals surface area contributed by atoms with Crippen molar-refractivity contribution in [1.82, 2.24) is 15.5 Å². The number of hydrogen-bond donors (Lipinski definition) is 2. The summed E-state index contributed by atoms with van der Waals surface area (Å²) in [6, 6.07) is 5.92. The molecule has 0 bridgehead atoms. The second-order valence-corrected chi connectivity index (χ2v) is 6.30. The van der Waals surface area contributed by atoms with Crippen LogP contribution in [-0.2, 0) is 13.1 Å². The fraction of sp³-hybridized carbons (Fsp3) is 0.200. The minimum absolute atomic E-state index is 0.117. The molecule has 2 N–H and O–H groups in total. The van der Waals surface area contributed by atoms with Crippen molar-refractivity contribution in [1.29, 1.82) is 0 Å². The molecule has 0 aliphatic carbocycles. The van der Waals surface area contributed by atoms with E-state index in [1.54, 1.807) is 22.7 Å². The van der Waals surface area contributed by atoms with Gasteiger partial charge in [0.25, 0.3) is 5.89 Å². The van der Waals surface area contributed by atoms with Gasteiger partial charge in [0.15, 0.2) is 5.82 Å². The maximum absolute atomic E-state index is 8.67. The van der Waals surface area contributed by atoms with Crippen molar-refractivity contribution >= 4 is 22.7 Å². The van der Waals surface area contributed by atoms with Crippen LogP contribution in [0.15, 0.2) is 33.5 Å². The van der Waals surface area contributed by atoms with Gasteiger partial charge in [-0.15, -0.1) is 22.7 Å². The first-order valence-electron chi connectivity index (χ1n) is 6.59. The number of rotatable bonds is 5. The SMILES string of the molecule is OCC#Cc1csc(CNCc2noc(-c3cccs3)n2)c1. The lowest BCUT2D eigenvalue weighted by Gasteiger charge is -1.97. The summed E-state index contributed by atoms with van der Waals surface area (Å²) in [4.78, 5) is 6.50. The van der Waals surface area contributed by atoms with Gasteiger partial charge < -0.3 is 14.9 Å². The van der Waals surface area contributed by atoms with Gasteiger partial charge in [-0.05, 0) is 17.5 Å². The molecule has 0 unspecified atom stereocenters. The first kappa shape index (κ1) is 14.9. The highest BCUT2D eigenvalue weighted by Crippen LogP contribution is 2.22. The van der Waals surface area contributed by atoms with Crippen LogP contribution in [0.5, 0.6) is 0 Å². The van der Waals surface area contributed by atoms with E-state index in [2.05, 4.69) is 27.3 Å². The molecular weight excluding hydrogens is 318 g/mol. The fourth-order valence-corrected chi connectivity index (χ4v) is 3.23. The average molecular weight is 331 g/mol. The van der Waals surface area contributed by atoms with E-state index in [0.29, 0.717) is 24.8 Å². The van der Waals surface area contributed by atoms with Crippen molar-refractivity contribution < 1.29 is 9.63 Å². The molecule has 0 amide bonds. The quantitative estimate of drug-likeness (QED) is 0.703. The van der Waals surface area contributed by atoms with Crippen LogP contribution in [0.3, 0.4) is 0 Å². The summed E-state index contributed by atoms with van der Waals surface area (Å²) >= 11 is 3.20. The van der Waals surface area contributed by atoms with Gasteiger partial charge in [-0.2, -0.15) is 4.98 Å². The van der Waals surface area contributed by atoms with E-state index in [9.17, 15) is 0 Å². The Morgan fingerprint density at radius 3 is 3.09 bits per heavy atom. The third-order valence-electron chi connectivity index (χ3n) is 2.75. The van der Waals surface area contributed by atoms with Crippen molar-refractivity contribution in [2.24, 2.45) is 0 Å². The van der Waals surface area contributed by atoms with Crippen LogP contribution in [0.1, 0.15) is 16.3 Å². The fourth-order valence-electron chi connectivity index (χ4n) is 1.80. The van der Waals surface area contributed by atoms with E-state index >= 15 is 0 Å². The van der Waals surface area contributed by atoms with Crippen LogP contribution in [0.25, 0.3) is 10.8 Å². The molecule has 0 spiro atoms. The Balaban J connectivity index is 1.52. The molecular formula is C15H13N3O2S2. The molecule has 0 saturated carbocycles. The van der Waals surface area contributed by atoms with Gasteiger partial charge >= 0.3 is 0 Å². The van der Waals surface area contributed by atoms with Crippen molar-refractivity contribution in [3.05, 3.63) is 45.2 Å². The molecule has 0 aliphatic heterocycles. The standard InChI is InChI=1S/C15H13N3O2S2/c19-5-1-3-11-7-12(22-10-11)8-16-9-14-17-15(20-18-14)13-4-2-6-21-13/h2,4,6-7,10,16,19H,5,8-9H2. The molecule has 0 radical (unpaired) electrons. The molecule has 22 heavy (non-hydrogen) atoms. The predicted molar refractivity (Wildman–Crippen MR) is 86.4 cm³/mol. The maximum atomic E-state index is 8.67. The molecule has 112 valence electrons. The Morgan fingerprint density at radius 1 is 1.32 bits per heavy atom. The Kier molecular flexibility index (Phi) is 4.98. The summed E-state index contributed by atoms with van der Waals surface area (Å²) in [5.74, 6) is 6.72. The second-order valence-electron chi connectivity index (χ2n) is 4.36. The molecule has 0 fully saturated rings. The lowest BCUT2D eigenvalue weighted by atomic mass is 10.3. The van der Waals surface area contributed by atoms with Gasteiger partial charge in [-0.1, -0.05) is 23.1 Å². The van der Waals surface area contributed by atoms with E-state index in [1.165, 1.54) is 4.88 Å². The molecule has 3 aromatic rings. The molecule has 5 nitrogen and oxygen atoms in total. The normalized spacial score (nSPS) is 10.4. The monoisotopic (exact) mass is 331 g/mol. The third kappa shape index (κ3) is 3.81. The molecule has 0 atom stereocenters. The molecule has 3 heterocycles. The number of nitrogens with zero attached hydrogens (tertiary/aromatic N) is 2. The Morgan fingerprint density at radius 2 is 2.27 bits per heavy atom. The highest BCUT2D eigenvalue weighted by Gasteiger charge is 2.09. The molecule has 0 aromatic carbocycles. The van der Waals surface area contributed by atoms with E-state index in [0.717, 1.165) is 10.4 Å². The largest absolute Gasteiger partial charge is 0.384 e. The molecule has 7 heteroatoms. The van der Waals surface area contributed by atoms with E-state index < -0.39 is 0 Å². The van der Waals surface area contributed by atoms with E-state index in [1.807, 2.05) is 29.0 Å². The van der Waals surface area contributed by atoms with Gasteiger partial charge in [-0.25, -0.2) is 0 Å². The zero-order valence-corrected chi connectivity index (χ0v) is 13.2. The van der Waals surface area contributed by atoms with Crippen LogP contribution in [0.4, 0.5) is 0 Å². The van der Waals surface area contributed by atoms with Crippen LogP contribution in [-0.4, -0.2) is 21.9 Å². The summed E-state index contributed by atoms with van der Waals surface area (Å²) < 4.78 is 5.23. The van der Waals surface area contributed by atoms with Crippen molar-refractivity contribution in [3.8, 4) is 22.6 Å². The van der Waals surface area contributed by atoms with Crippen molar-refractivity contribution in [2.75, 3.05) is 6.61 Å². The predicted octanol–water partition coefficient (Wildman–Crippen LogP) is 2.49. The average Bonchev–Trinajstić information content (AvgIpc) is 3.26. The summed E-state index contributed by atoms with van der Waals surface area (Å²) in [5.41, 5.74) is 0.926. The van der Waals surface area contributed by atoms with Gasteiger partial charge in [0, 0.05) is 22.4 Å². The summed E-state index contributed by atoms with van der Waals surface area (Å²) in [6.07, 6.45) is 0. The Labute approximate surface area is 135 Å².